The SMILES string of the molecule is CC1CCC(N[C@H](C)c2ccncc2)CC1. The Labute approximate surface area is 98.5 Å². The van der Waals surface area contributed by atoms with E-state index in [2.05, 4.69) is 36.3 Å². The third-order valence-corrected chi connectivity index (χ3v) is 3.71. The molecular formula is C14H22N2. The van der Waals surface area contributed by atoms with Gasteiger partial charge < -0.3 is 5.32 Å². The molecule has 2 heteroatoms. The zero-order valence-electron chi connectivity index (χ0n) is 10.3. The number of aromatic nitrogens is 1. The Hall–Kier alpha value is -0.890. The molecule has 0 aromatic carbocycles. The molecule has 88 valence electrons. The average molecular weight is 218 g/mol. The van der Waals surface area contributed by atoms with Gasteiger partial charge in [-0.2, -0.15) is 0 Å². The highest BCUT2D eigenvalue weighted by Gasteiger charge is 2.19. The zero-order valence-corrected chi connectivity index (χ0v) is 10.3. The van der Waals surface area contributed by atoms with Crippen LogP contribution in [0.25, 0.3) is 0 Å². The first kappa shape index (κ1) is 11.6. The summed E-state index contributed by atoms with van der Waals surface area (Å²) in [7, 11) is 0. The molecule has 1 atom stereocenters. The maximum absolute atomic E-state index is 4.06. The fraction of sp³-hybridized carbons (Fsp3) is 0.643. The van der Waals surface area contributed by atoms with E-state index in [9.17, 15) is 0 Å². The summed E-state index contributed by atoms with van der Waals surface area (Å²) in [5.41, 5.74) is 1.34. The van der Waals surface area contributed by atoms with Gasteiger partial charge in [0, 0.05) is 24.5 Å². The van der Waals surface area contributed by atoms with Gasteiger partial charge in [0.15, 0.2) is 0 Å². The minimum atomic E-state index is 0.446. The van der Waals surface area contributed by atoms with Crippen molar-refractivity contribution in [2.45, 2.75) is 51.6 Å². The van der Waals surface area contributed by atoms with E-state index in [0.29, 0.717) is 12.1 Å². The Balaban J connectivity index is 1.86. The minimum absolute atomic E-state index is 0.446. The third kappa shape index (κ3) is 3.05. The molecule has 2 nitrogen and oxygen atoms in total. The van der Waals surface area contributed by atoms with Crippen LogP contribution >= 0.6 is 0 Å². The van der Waals surface area contributed by atoms with Crippen LogP contribution in [-0.4, -0.2) is 11.0 Å². The maximum atomic E-state index is 4.06. The molecule has 0 aliphatic heterocycles. The van der Waals surface area contributed by atoms with Crippen LogP contribution in [-0.2, 0) is 0 Å². The summed E-state index contributed by atoms with van der Waals surface area (Å²) in [6.45, 7) is 4.61. The molecule has 0 bridgehead atoms. The van der Waals surface area contributed by atoms with E-state index in [1.807, 2.05) is 12.4 Å². The summed E-state index contributed by atoms with van der Waals surface area (Å²) in [5, 5.41) is 3.73. The highest BCUT2D eigenvalue weighted by molar-refractivity contribution is 5.14. The molecule has 1 aromatic rings. The van der Waals surface area contributed by atoms with Crippen LogP contribution in [0.4, 0.5) is 0 Å². The Kier molecular flexibility index (Phi) is 3.94. The predicted octanol–water partition coefficient (Wildman–Crippen LogP) is 3.31. The van der Waals surface area contributed by atoms with Crippen molar-refractivity contribution in [1.29, 1.82) is 0 Å². The summed E-state index contributed by atoms with van der Waals surface area (Å²) in [5.74, 6) is 0.925. The highest BCUT2D eigenvalue weighted by atomic mass is 14.9. The molecule has 2 rings (SSSR count). The number of pyridine rings is 1. The lowest BCUT2D eigenvalue weighted by atomic mass is 9.87. The van der Waals surface area contributed by atoms with Crippen molar-refractivity contribution in [2.75, 3.05) is 0 Å². The topological polar surface area (TPSA) is 24.9 Å². The van der Waals surface area contributed by atoms with Crippen LogP contribution < -0.4 is 5.32 Å². The van der Waals surface area contributed by atoms with Crippen LogP contribution in [0.2, 0.25) is 0 Å². The molecule has 16 heavy (non-hydrogen) atoms. The van der Waals surface area contributed by atoms with Gasteiger partial charge in [0.2, 0.25) is 0 Å². The number of nitrogens with one attached hydrogen (secondary N) is 1. The second kappa shape index (κ2) is 5.44. The van der Waals surface area contributed by atoms with Gasteiger partial charge in [-0.05, 0) is 56.2 Å². The van der Waals surface area contributed by atoms with E-state index >= 15 is 0 Å². The van der Waals surface area contributed by atoms with E-state index in [4.69, 9.17) is 0 Å². The van der Waals surface area contributed by atoms with E-state index in [1.165, 1.54) is 31.2 Å². The van der Waals surface area contributed by atoms with Crippen molar-refractivity contribution in [2.24, 2.45) is 5.92 Å². The monoisotopic (exact) mass is 218 g/mol. The minimum Gasteiger partial charge on any atom is -0.307 e. The number of hydrogen-bond acceptors (Lipinski definition) is 2. The lowest BCUT2D eigenvalue weighted by molar-refractivity contribution is 0.291. The van der Waals surface area contributed by atoms with Crippen LogP contribution in [0.3, 0.4) is 0 Å². The van der Waals surface area contributed by atoms with E-state index in [1.54, 1.807) is 0 Å². The smallest absolute Gasteiger partial charge is 0.0295 e. The van der Waals surface area contributed by atoms with Crippen LogP contribution in [0.1, 0.15) is 51.1 Å². The Morgan fingerprint density at radius 2 is 1.81 bits per heavy atom. The number of rotatable bonds is 3. The Morgan fingerprint density at radius 3 is 2.44 bits per heavy atom. The molecule has 0 radical (unpaired) electrons. The Bertz CT molecular complexity index is 302. The van der Waals surface area contributed by atoms with E-state index < -0.39 is 0 Å². The third-order valence-electron chi connectivity index (χ3n) is 3.71. The molecule has 1 heterocycles. The number of hydrogen-bond donors (Lipinski definition) is 1. The first-order valence-electron chi connectivity index (χ1n) is 6.41. The fourth-order valence-electron chi connectivity index (χ4n) is 2.53. The second-order valence-corrected chi connectivity index (χ2v) is 5.13. The Morgan fingerprint density at radius 1 is 1.19 bits per heavy atom. The standard InChI is InChI=1S/C14H22N2/c1-11-3-5-14(6-4-11)16-12(2)13-7-9-15-10-8-13/h7-12,14,16H,3-6H2,1-2H3/t11?,12-,14?/m1/s1. The van der Waals surface area contributed by atoms with Gasteiger partial charge in [-0.3, -0.25) is 4.98 Å². The predicted molar refractivity (Wildman–Crippen MR) is 67.2 cm³/mol. The van der Waals surface area contributed by atoms with Gasteiger partial charge in [-0.25, -0.2) is 0 Å². The van der Waals surface area contributed by atoms with E-state index in [-0.39, 0.29) is 0 Å². The quantitative estimate of drug-likeness (QED) is 0.842. The molecule has 0 spiro atoms. The van der Waals surface area contributed by atoms with Crippen molar-refractivity contribution >= 4 is 0 Å². The van der Waals surface area contributed by atoms with Gasteiger partial charge in [0.25, 0.3) is 0 Å². The van der Waals surface area contributed by atoms with Crippen LogP contribution in [0.5, 0.6) is 0 Å². The summed E-state index contributed by atoms with van der Waals surface area (Å²) < 4.78 is 0. The summed E-state index contributed by atoms with van der Waals surface area (Å²) >= 11 is 0. The maximum Gasteiger partial charge on any atom is 0.0295 e. The summed E-state index contributed by atoms with van der Waals surface area (Å²) in [6, 6.07) is 5.35. The van der Waals surface area contributed by atoms with Crippen LogP contribution in [0, 0.1) is 5.92 Å². The lowest BCUT2D eigenvalue weighted by Crippen LogP contribution is -2.34. The number of nitrogens with zero attached hydrogens (tertiary/aromatic N) is 1. The first-order chi connectivity index (χ1) is 7.75. The summed E-state index contributed by atoms with van der Waals surface area (Å²) in [6.07, 6.45) is 9.15. The second-order valence-electron chi connectivity index (χ2n) is 5.13. The zero-order chi connectivity index (χ0) is 11.4. The van der Waals surface area contributed by atoms with Crippen molar-refractivity contribution in [3.05, 3.63) is 30.1 Å². The average Bonchev–Trinajstić information content (AvgIpc) is 2.33. The van der Waals surface area contributed by atoms with Crippen molar-refractivity contribution in [3.63, 3.8) is 0 Å². The van der Waals surface area contributed by atoms with Crippen molar-refractivity contribution < 1.29 is 0 Å². The fourth-order valence-corrected chi connectivity index (χ4v) is 2.53. The van der Waals surface area contributed by atoms with Crippen LogP contribution in [0.15, 0.2) is 24.5 Å². The van der Waals surface area contributed by atoms with E-state index in [0.717, 1.165) is 5.92 Å². The van der Waals surface area contributed by atoms with Gasteiger partial charge in [0.1, 0.15) is 0 Å². The summed E-state index contributed by atoms with van der Waals surface area (Å²) in [4.78, 5) is 4.06. The largest absolute Gasteiger partial charge is 0.307 e. The highest BCUT2D eigenvalue weighted by Crippen LogP contribution is 2.25. The first-order valence-corrected chi connectivity index (χ1v) is 6.41. The molecule has 0 amide bonds. The van der Waals surface area contributed by atoms with Crippen molar-refractivity contribution in [3.8, 4) is 0 Å². The normalized spacial score (nSPS) is 27.6. The van der Waals surface area contributed by atoms with Crippen molar-refractivity contribution in [1.82, 2.24) is 10.3 Å². The van der Waals surface area contributed by atoms with Gasteiger partial charge in [-0.1, -0.05) is 6.92 Å². The molecule has 1 aliphatic carbocycles. The lowest BCUT2D eigenvalue weighted by Gasteiger charge is -2.29. The van der Waals surface area contributed by atoms with Gasteiger partial charge in [-0.15, -0.1) is 0 Å². The van der Waals surface area contributed by atoms with Gasteiger partial charge >= 0.3 is 0 Å². The van der Waals surface area contributed by atoms with Gasteiger partial charge in [0.05, 0.1) is 0 Å². The molecule has 1 aromatic heterocycles. The molecule has 1 N–H and O–H groups in total. The molecule has 1 saturated carbocycles. The molecule has 0 unspecified atom stereocenters. The molecule has 0 saturated heterocycles. The molecule has 1 aliphatic rings. The molecular weight excluding hydrogens is 196 g/mol. The molecule has 1 fully saturated rings.